The monoisotopic (exact) mass is 258 g/mol. The van der Waals surface area contributed by atoms with E-state index in [2.05, 4.69) is 4.98 Å². The molecular formula is C14H14N2O3. The van der Waals surface area contributed by atoms with Gasteiger partial charge in [-0.3, -0.25) is 15.1 Å². The number of aromatic nitrogens is 1. The summed E-state index contributed by atoms with van der Waals surface area (Å²) in [5.41, 5.74) is 1.82. The molecule has 2 aromatic rings. The number of aliphatic hydroxyl groups is 1. The summed E-state index contributed by atoms with van der Waals surface area (Å²) in [5, 5.41) is 21.1. The molecule has 0 bridgehead atoms. The van der Waals surface area contributed by atoms with Crippen LogP contribution in [-0.4, -0.2) is 15.0 Å². The number of nitro benzene ring substituents is 1. The Hall–Kier alpha value is -2.27. The maximum atomic E-state index is 10.9. The zero-order chi connectivity index (χ0) is 13.8. The minimum Gasteiger partial charge on any atom is -0.388 e. The van der Waals surface area contributed by atoms with Crippen LogP contribution in [0.15, 0.2) is 42.5 Å². The molecule has 0 aliphatic rings. The molecule has 1 N–H and O–H groups in total. The van der Waals surface area contributed by atoms with E-state index in [0.717, 1.165) is 5.69 Å². The number of para-hydroxylation sites is 1. The standard InChI is InChI=1S/C14H14N2O3/c1-10-5-4-6-11(15-10)9-14(17)12-7-2-3-8-13(12)16(18)19/h2-8,14,17H,9H2,1H3. The second-order valence-corrected chi connectivity index (χ2v) is 4.31. The van der Waals surface area contributed by atoms with Crippen LogP contribution >= 0.6 is 0 Å². The normalized spacial score (nSPS) is 12.1. The molecule has 1 unspecified atom stereocenters. The summed E-state index contributed by atoms with van der Waals surface area (Å²) >= 11 is 0. The van der Waals surface area contributed by atoms with Crippen LogP contribution in [-0.2, 0) is 6.42 Å². The van der Waals surface area contributed by atoms with Crippen molar-refractivity contribution in [1.82, 2.24) is 4.98 Å². The summed E-state index contributed by atoms with van der Waals surface area (Å²) in [4.78, 5) is 14.7. The largest absolute Gasteiger partial charge is 0.388 e. The predicted octanol–water partition coefficient (Wildman–Crippen LogP) is 2.57. The Morgan fingerprint density at radius 3 is 2.68 bits per heavy atom. The lowest BCUT2D eigenvalue weighted by Crippen LogP contribution is -2.06. The first-order valence-corrected chi connectivity index (χ1v) is 5.92. The zero-order valence-electron chi connectivity index (χ0n) is 10.5. The molecule has 0 saturated heterocycles. The average Bonchev–Trinajstić information content (AvgIpc) is 2.38. The topological polar surface area (TPSA) is 76.3 Å². The first kappa shape index (κ1) is 13.2. The van der Waals surface area contributed by atoms with Gasteiger partial charge in [-0.05, 0) is 25.1 Å². The molecule has 0 amide bonds. The highest BCUT2D eigenvalue weighted by Crippen LogP contribution is 2.26. The lowest BCUT2D eigenvalue weighted by Gasteiger charge is -2.11. The van der Waals surface area contributed by atoms with Crippen LogP contribution in [0.5, 0.6) is 0 Å². The maximum Gasteiger partial charge on any atom is 0.275 e. The minimum absolute atomic E-state index is 0.0670. The van der Waals surface area contributed by atoms with E-state index in [-0.39, 0.29) is 12.1 Å². The number of hydrogen-bond acceptors (Lipinski definition) is 4. The van der Waals surface area contributed by atoms with Gasteiger partial charge in [0.2, 0.25) is 0 Å². The molecule has 0 spiro atoms. The first-order valence-electron chi connectivity index (χ1n) is 5.92. The van der Waals surface area contributed by atoms with Gasteiger partial charge in [0.25, 0.3) is 5.69 Å². The van der Waals surface area contributed by atoms with Gasteiger partial charge in [0.1, 0.15) is 0 Å². The number of aryl methyl sites for hydroxylation is 1. The molecule has 1 heterocycles. The lowest BCUT2D eigenvalue weighted by atomic mass is 10.0. The molecule has 0 radical (unpaired) electrons. The van der Waals surface area contributed by atoms with Gasteiger partial charge in [0, 0.05) is 23.9 Å². The zero-order valence-corrected chi connectivity index (χ0v) is 10.5. The van der Waals surface area contributed by atoms with Crippen molar-refractivity contribution in [1.29, 1.82) is 0 Å². The van der Waals surface area contributed by atoms with Gasteiger partial charge >= 0.3 is 0 Å². The average molecular weight is 258 g/mol. The fraction of sp³-hybridized carbons (Fsp3) is 0.214. The van der Waals surface area contributed by atoms with Crippen molar-refractivity contribution in [2.75, 3.05) is 0 Å². The van der Waals surface area contributed by atoms with Crippen molar-refractivity contribution in [2.45, 2.75) is 19.4 Å². The van der Waals surface area contributed by atoms with Crippen LogP contribution in [0.3, 0.4) is 0 Å². The Morgan fingerprint density at radius 2 is 2.00 bits per heavy atom. The molecular weight excluding hydrogens is 244 g/mol. The smallest absolute Gasteiger partial charge is 0.275 e. The third-order valence-corrected chi connectivity index (χ3v) is 2.84. The van der Waals surface area contributed by atoms with Crippen LogP contribution in [0.4, 0.5) is 5.69 Å². The van der Waals surface area contributed by atoms with Gasteiger partial charge in [-0.25, -0.2) is 0 Å². The molecule has 0 fully saturated rings. The number of rotatable bonds is 4. The number of benzene rings is 1. The van der Waals surface area contributed by atoms with Crippen molar-refractivity contribution >= 4 is 5.69 Å². The molecule has 98 valence electrons. The van der Waals surface area contributed by atoms with Crippen LogP contribution < -0.4 is 0 Å². The van der Waals surface area contributed by atoms with Gasteiger partial charge in [0.05, 0.1) is 16.6 Å². The van der Waals surface area contributed by atoms with Crippen LogP contribution in [0.25, 0.3) is 0 Å². The number of pyridine rings is 1. The van der Waals surface area contributed by atoms with Crippen LogP contribution in [0.2, 0.25) is 0 Å². The number of aliphatic hydroxyl groups excluding tert-OH is 1. The molecule has 0 aliphatic heterocycles. The van der Waals surface area contributed by atoms with Crippen molar-refractivity contribution in [2.24, 2.45) is 0 Å². The van der Waals surface area contributed by atoms with Crippen LogP contribution in [0.1, 0.15) is 23.1 Å². The predicted molar refractivity (Wildman–Crippen MR) is 70.7 cm³/mol. The molecule has 19 heavy (non-hydrogen) atoms. The molecule has 5 heteroatoms. The number of hydrogen-bond donors (Lipinski definition) is 1. The van der Waals surface area contributed by atoms with Gasteiger partial charge in [-0.1, -0.05) is 18.2 Å². The molecule has 5 nitrogen and oxygen atoms in total. The van der Waals surface area contributed by atoms with E-state index in [1.54, 1.807) is 24.3 Å². The van der Waals surface area contributed by atoms with Gasteiger partial charge in [-0.2, -0.15) is 0 Å². The Labute approximate surface area is 110 Å². The summed E-state index contributed by atoms with van der Waals surface area (Å²) in [6.07, 6.45) is -0.678. The number of nitrogens with zero attached hydrogens (tertiary/aromatic N) is 2. The van der Waals surface area contributed by atoms with E-state index < -0.39 is 11.0 Å². The van der Waals surface area contributed by atoms with Crippen molar-refractivity contribution in [3.63, 3.8) is 0 Å². The third-order valence-electron chi connectivity index (χ3n) is 2.84. The Balaban J connectivity index is 2.25. The SMILES string of the molecule is Cc1cccc(CC(O)c2ccccc2[N+](=O)[O-])n1. The highest BCUT2D eigenvalue weighted by molar-refractivity contribution is 5.41. The summed E-state index contributed by atoms with van der Waals surface area (Å²) in [7, 11) is 0. The van der Waals surface area contributed by atoms with Crippen molar-refractivity contribution in [3.05, 3.63) is 69.5 Å². The number of nitro groups is 1. The first-order chi connectivity index (χ1) is 9.08. The van der Waals surface area contributed by atoms with E-state index >= 15 is 0 Å². The van der Waals surface area contributed by atoms with Gasteiger partial charge in [0.15, 0.2) is 0 Å². The summed E-state index contributed by atoms with van der Waals surface area (Å²) < 4.78 is 0. The Bertz CT molecular complexity index is 599. The third kappa shape index (κ3) is 3.14. The Morgan fingerprint density at radius 1 is 1.26 bits per heavy atom. The lowest BCUT2D eigenvalue weighted by molar-refractivity contribution is -0.386. The van der Waals surface area contributed by atoms with E-state index in [1.165, 1.54) is 6.07 Å². The fourth-order valence-electron chi connectivity index (χ4n) is 1.96. The second-order valence-electron chi connectivity index (χ2n) is 4.31. The van der Waals surface area contributed by atoms with Gasteiger partial charge < -0.3 is 5.11 Å². The van der Waals surface area contributed by atoms with E-state index in [9.17, 15) is 15.2 Å². The Kier molecular flexibility index (Phi) is 3.87. The van der Waals surface area contributed by atoms with E-state index in [0.29, 0.717) is 11.3 Å². The fourth-order valence-corrected chi connectivity index (χ4v) is 1.96. The van der Waals surface area contributed by atoms with E-state index in [1.807, 2.05) is 19.1 Å². The van der Waals surface area contributed by atoms with Gasteiger partial charge in [-0.15, -0.1) is 0 Å². The molecule has 0 saturated carbocycles. The highest BCUT2D eigenvalue weighted by Gasteiger charge is 2.20. The second kappa shape index (κ2) is 5.58. The maximum absolute atomic E-state index is 10.9. The molecule has 2 rings (SSSR count). The molecule has 0 aliphatic carbocycles. The minimum atomic E-state index is -0.934. The summed E-state index contributed by atoms with van der Waals surface area (Å²) in [5.74, 6) is 0. The highest BCUT2D eigenvalue weighted by atomic mass is 16.6. The van der Waals surface area contributed by atoms with Crippen molar-refractivity contribution < 1.29 is 10.0 Å². The summed E-state index contributed by atoms with van der Waals surface area (Å²) in [6.45, 7) is 1.86. The molecule has 1 aromatic heterocycles. The van der Waals surface area contributed by atoms with Crippen LogP contribution in [0, 0.1) is 17.0 Å². The quantitative estimate of drug-likeness (QED) is 0.675. The van der Waals surface area contributed by atoms with Crippen molar-refractivity contribution in [3.8, 4) is 0 Å². The van der Waals surface area contributed by atoms with E-state index in [4.69, 9.17) is 0 Å². The summed E-state index contributed by atoms with van der Waals surface area (Å²) in [6, 6.07) is 11.7. The molecule has 1 atom stereocenters. The molecule has 1 aromatic carbocycles.